The van der Waals surface area contributed by atoms with Crippen molar-refractivity contribution in [3.05, 3.63) is 126 Å². The summed E-state index contributed by atoms with van der Waals surface area (Å²) in [6, 6.07) is 34.1. The van der Waals surface area contributed by atoms with Gasteiger partial charge in [-0.1, -0.05) is 72.8 Å². The number of ether oxygens (including phenoxy) is 1. The predicted octanol–water partition coefficient (Wildman–Crippen LogP) is 6.34. The number of methoxy groups -OCH3 is 1. The molecule has 4 aromatic rings. The van der Waals surface area contributed by atoms with Gasteiger partial charge in [-0.05, 0) is 47.5 Å². The van der Waals surface area contributed by atoms with Gasteiger partial charge >= 0.3 is 0 Å². The Morgan fingerprint density at radius 1 is 0.838 bits per heavy atom. The summed E-state index contributed by atoms with van der Waals surface area (Å²) in [4.78, 5) is 31.3. The second-order valence-corrected chi connectivity index (χ2v) is 9.79. The van der Waals surface area contributed by atoms with Gasteiger partial charge in [0.2, 0.25) is 5.91 Å². The lowest BCUT2D eigenvalue weighted by molar-refractivity contribution is -0.127. The smallest absolute Gasteiger partial charge is 0.258 e. The highest BCUT2D eigenvalue weighted by Crippen LogP contribution is 2.58. The van der Waals surface area contributed by atoms with Gasteiger partial charge in [-0.15, -0.1) is 11.6 Å². The third-order valence-electron chi connectivity index (χ3n) is 7.47. The maximum absolute atomic E-state index is 14.2. The van der Waals surface area contributed by atoms with Crippen molar-refractivity contribution in [2.75, 3.05) is 16.9 Å². The molecule has 0 aliphatic carbocycles. The van der Waals surface area contributed by atoms with Crippen LogP contribution in [0.2, 0.25) is 0 Å². The summed E-state index contributed by atoms with van der Waals surface area (Å²) in [7, 11) is 1.62. The molecule has 2 aliphatic rings. The van der Waals surface area contributed by atoms with Gasteiger partial charge in [-0.2, -0.15) is 0 Å². The molecule has 2 aliphatic heterocycles. The summed E-state index contributed by atoms with van der Waals surface area (Å²) in [6.07, 6.45) is 0.427. The summed E-state index contributed by atoms with van der Waals surface area (Å²) in [5.74, 6) is 0.414. The van der Waals surface area contributed by atoms with E-state index in [1.807, 2.05) is 114 Å². The first-order valence-electron chi connectivity index (χ1n) is 12.2. The zero-order valence-corrected chi connectivity index (χ0v) is 21.0. The number of hydrogen-bond acceptors (Lipinski definition) is 3. The third kappa shape index (κ3) is 3.53. The van der Waals surface area contributed by atoms with Crippen molar-refractivity contribution in [3.8, 4) is 5.75 Å². The van der Waals surface area contributed by atoms with E-state index in [2.05, 4.69) is 0 Å². The molecule has 0 aromatic heterocycles. The van der Waals surface area contributed by atoms with Gasteiger partial charge in [0.05, 0.1) is 24.5 Å². The molecule has 0 bridgehead atoms. The first-order valence-corrected chi connectivity index (χ1v) is 12.6. The average Bonchev–Trinajstić information content (AvgIpc) is 3.09. The van der Waals surface area contributed by atoms with Crippen molar-refractivity contribution in [1.29, 1.82) is 0 Å². The molecule has 184 valence electrons. The first kappa shape index (κ1) is 23.3. The number of halogens is 1. The fourth-order valence-corrected chi connectivity index (χ4v) is 6.10. The van der Waals surface area contributed by atoms with Crippen molar-refractivity contribution in [2.45, 2.75) is 23.4 Å². The zero-order valence-electron chi connectivity index (χ0n) is 20.3. The van der Waals surface area contributed by atoms with Crippen LogP contribution < -0.4 is 14.5 Å². The third-order valence-corrected chi connectivity index (χ3v) is 8.02. The number of fused-ring (bicyclic) bond motifs is 3. The summed E-state index contributed by atoms with van der Waals surface area (Å²) < 4.78 is 5.38. The fraction of sp³-hybridized carbons (Fsp3) is 0.161. The number of benzene rings is 4. The number of nitrogens with zero attached hydrogens (tertiary/aromatic N) is 2. The second-order valence-electron chi connectivity index (χ2n) is 9.35. The van der Waals surface area contributed by atoms with E-state index in [9.17, 15) is 9.59 Å². The Morgan fingerprint density at radius 3 is 2.08 bits per heavy atom. The summed E-state index contributed by atoms with van der Waals surface area (Å²) >= 11 is 6.95. The van der Waals surface area contributed by atoms with E-state index < -0.39 is 10.9 Å². The number of β-lactam (4-membered cyclic amide) rings is 1. The molecule has 0 saturated carbocycles. The van der Waals surface area contributed by atoms with Crippen molar-refractivity contribution >= 4 is 34.8 Å². The van der Waals surface area contributed by atoms with Crippen LogP contribution in [0.1, 0.15) is 33.9 Å². The molecular weight excluding hydrogens is 484 g/mol. The standard InChI is InChI=1S/C31H25ClN2O3/c1-37-24-18-16-23(17-19-24)31-20-27(21-10-4-2-5-11-21)33(29(35)22-12-6-3-7-13-22)25-14-8-9-15-26(25)34(31)30(36)28(31)32/h2-19,27-28H,20H2,1H3. The molecule has 2 amide bonds. The molecule has 1 saturated heterocycles. The molecule has 1 fully saturated rings. The van der Waals surface area contributed by atoms with Crippen molar-refractivity contribution in [2.24, 2.45) is 0 Å². The van der Waals surface area contributed by atoms with E-state index in [-0.39, 0.29) is 17.9 Å². The van der Waals surface area contributed by atoms with E-state index in [1.54, 1.807) is 12.0 Å². The van der Waals surface area contributed by atoms with Crippen molar-refractivity contribution in [3.63, 3.8) is 0 Å². The topological polar surface area (TPSA) is 49.9 Å². The van der Waals surface area contributed by atoms with Gasteiger partial charge in [-0.25, -0.2) is 0 Å². The quantitative estimate of drug-likeness (QED) is 0.239. The molecule has 4 aromatic carbocycles. The molecule has 5 nitrogen and oxygen atoms in total. The molecule has 2 heterocycles. The van der Waals surface area contributed by atoms with Crippen LogP contribution in [0.3, 0.4) is 0 Å². The molecule has 6 rings (SSSR count). The molecule has 3 unspecified atom stereocenters. The SMILES string of the molecule is COc1ccc(C23CC(c4ccccc4)N(C(=O)c4ccccc4)c4ccccc4N2C(=O)C3Cl)cc1. The van der Waals surface area contributed by atoms with E-state index in [4.69, 9.17) is 16.3 Å². The second kappa shape index (κ2) is 9.09. The Morgan fingerprint density at radius 2 is 1.43 bits per heavy atom. The highest BCUT2D eigenvalue weighted by Gasteiger charge is 2.64. The Hall–Kier alpha value is -4.09. The Balaban J connectivity index is 1.61. The number of para-hydroxylation sites is 2. The van der Waals surface area contributed by atoms with Gasteiger partial charge in [0, 0.05) is 12.0 Å². The molecule has 0 spiro atoms. The highest BCUT2D eigenvalue weighted by molar-refractivity contribution is 6.38. The number of carbonyl (C=O) groups excluding carboxylic acids is 2. The maximum Gasteiger partial charge on any atom is 0.258 e. The van der Waals surface area contributed by atoms with Crippen LogP contribution in [0, 0.1) is 0 Å². The molecule has 0 N–H and O–H groups in total. The number of rotatable bonds is 4. The number of anilines is 2. The van der Waals surface area contributed by atoms with Crippen LogP contribution in [0.15, 0.2) is 109 Å². The predicted molar refractivity (Wildman–Crippen MR) is 145 cm³/mol. The van der Waals surface area contributed by atoms with Crippen LogP contribution >= 0.6 is 11.6 Å². The number of carbonyl (C=O) groups is 2. The Kier molecular flexibility index (Phi) is 5.73. The van der Waals surface area contributed by atoms with E-state index in [0.29, 0.717) is 23.4 Å². The number of amides is 2. The maximum atomic E-state index is 14.2. The lowest BCUT2D eigenvalue weighted by Crippen LogP contribution is -2.70. The summed E-state index contributed by atoms with van der Waals surface area (Å²) in [5.41, 5.74) is 2.94. The van der Waals surface area contributed by atoms with Gasteiger partial charge in [0.15, 0.2) is 0 Å². The number of hydrogen-bond donors (Lipinski definition) is 0. The minimum atomic E-state index is -0.854. The first-order chi connectivity index (χ1) is 18.1. The highest BCUT2D eigenvalue weighted by atomic mass is 35.5. The monoisotopic (exact) mass is 508 g/mol. The van der Waals surface area contributed by atoms with Gasteiger partial charge in [-0.3, -0.25) is 19.4 Å². The van der Waals surface area contributed by atoms with E-state index >= 15 is 0 Å². The average molecular weight is 509 g/mol. The molecule has 37 heavy (non-hydrogen) atoms. The summed E-state index contributed by atoms with van der Waals surface area (Å²) in [5, 5.41) is -0.785. The van der Waals surface area contributed by atoms with Gasteiger partial charge < -0.3 is 4.74 Å². The summed E-state index contributed by atoms with van der Waals surface area (Å²) in [6.45, 7) is 0. The number of alkyl halides is 1. The lowest BCUT2D eigenvalue weighted by Gasteiger charge is -2.55. The van der Waals surface area contributed by atoms with Gasteiger partial charge in [0.1, 0.15) is 16.7 Å². The van der Waals surface area contributed by atoms with Crippen molar-refractivity contribution < 1.29 is 14.3 Å². The lowest BCUT2D eigenvalue weighted by atomic mass is 9.71. The van der Waals surface area contributed by atoms with Gasteiger partial charge in [0.25, 0.3) is 5.91 Å². The fourth-order valence-electron chi connectivity index (χ4n) is 5.69. The molecule has 0 radical (unpaired) electrons. The Bertz CT molecular complexity index is 1460. The molecule has 6 heteroatoms. The van der Waals surface area contributed by atoms with Crippen LogP contribution in [-0.2, 0) is 10.3 Å². The minimum absolute atomic E-state index is 0.132. The molecular formula is C31H25ClN2O3. The van der Waals surface area contributed by atoms with Crippen LogP contribution in [0.25, 0.3) is 0 Å². The van der Waals surface area contributed by atoms with Crippen LogP contribution in [0.4, 0.5) is 11.4 Å². The van der Waals surface area contributed by atoms with Crippen LogP contribution in [0.5, 0.6) is 5.75 Å². The molecule has 3 atom stereocenters. The Labute approximate surface area is 220 Å². The van der Waals surface area contributed by atoms with Crippen LogP contribution in [-0.4, -0.2) is 24.3 Å². The normalized spacial score (nSPS) is 22.4. The van der Waals surface area contributed by atoms with Crippen molar-refractivity contribution in [1.82, 2.24) is 0 Å². The van der Waals surface area contributed by atoms with E-state index in [0.717, 1.165) is 16.9 Å². The zero-order chi connectivity index (χ0) is 25.6. The largest absolute Gasteiger partial charge is 0.497 e. The minimum Gasteiger partial charge on any atom is -0.497 e. The van der Waals surface area contributed by atoms with E-state index in [1.165, 1.54) is 0 Å².